The molecule has 0 bridgehead atoms. The van der Waals surface area contributed by atoms with Crippen LogP contribution in [0.25, 0.3) is 0 Å². The molecule has 0 radical (unpaired) electrons. The summed E-state index contributed by atoms with van der Waals surface area (Å²) in [5.41, 5.74) is 1.80. The molecule has 0 aliphatic carbocycles. The van der Waals surface area contributed by atoms with E-state index in [4.69, 9.17) is 21.1 Å². The molecule has 0 unspecified atom stereocenters. The van der Waals surface area contributed by atoms with Gasteiger partial charge in [0, 0.05) is 0 Å². The summed E-state index contributed by atoms with van der Waals surface area (Å²) in [5.74, 6) is 2.32. The first kappa shape index (κ1) is 19.3. The number of aromatic nitrogens is 2. The van der Waals surface area contributed by atoms with E-state index in [0.29, 0.717) is 30.6 Å². The third kappa shape index (κ3) is 5.44. The van der Waals surface area contributed by atoms with E-state index in [-0.39, 0.29) is 12.4 Å². The third-order valence-electron chi connectivity index (χ3n) is 3.07. The summed E-state index contributed by atoms with van der Waals surface area (Å²) in [5, 5.41) is 3.68. The Hall–Kier alpha value is -1.72. The number of aryl methyl sites for hydroxylation is 2. The molecule has 0 aliphatic heterocycles. The fraction of sp³-hybridized carbons (Fsp3) is 0.375. The number of nitrogens with one attached hydrogen (secondary N) is 1. The van der Waals surface area contributed by atoms with Gasteiger partial charge in [-0.15, -0.1) is 12.4 Å². The van der Waals surface area contributed by atoms with Crippen LogP contribution in [0.15, 0.2) is 24.5 Å². The minimum atomic E-state index is 0. The maximum atomic E-state index is 6.12. The number of rotatable bonds is 7. The molecule has 1 N–H and O–H groups in total. The molecule has 0 aliphatic rings. The SMILES string of the molecule is CCOc1ccc(OCCNc2ncnc(C)c2Cl)c(C)c1.Cl. The number of halogens is 2. The summed E-state index contributed by atoms with van der Waals surface area (Å²) in [7, 11) is 0. The first-order valence-corrected chi connectivity index (χ1v) is 7.56. The predicted molar refractivity (Wildman–Crippen MR) is 95.4 cm³/mol. The molecule has 126 valence electrons. The van der Waals surface area contributed by atoms with E-state index in [1.54, 1.807) is 0 Å². The van der Waals surface area contributed by atoms with Crippen LogP contribution in [-0.2, 0) is 0 Å². The van der Waals surface area contributed by atoms with Gasteiger partial charge in [0.05, 0.1) is 18.8 Å². The largest absolute Gasteiger partial charge is 0.494 e. The second kappa shape index (κ2) is 9.43. The molecule has 2 aromatic rings. The Bertz CT molecular complexity index is 639. The lowest BCUT2D eigenvalue weighted by molar-refractivity contribution is 0.324. The average Bonchev–Trinajstić information content (AvgIpc) is 2.50. The van der Waals surface area contributed by atoms with E-state index >= 15 is 0 Å². The van der Waals surface area contributed by atoms with Crippen LogP contribution in [0.4, 0.5) is 5.82 Å². The zero-order valence-corrected chi connectivity index (χ0v) is 15.0. The summed E-state index contributed by atoms with van der Waals surface area (Å²) < 4.78 is 11.2. The second-order valence-electron chi connectivity index (χ2n) is 4.76. The van der Waals surface area contributed by atoms with Gasteiger partial charge in [-0.1, -0.05) is 11.6 Å². The van der Waals surface area contributed by atoms with Gasteiger partial charge in [-0.3, -0.25) is 0 Å². The summed E-state index contributed by atoms with van der Waals surface area (Å²) in [6.07, 6.45) is 1.49. The third-order valence-corrected chi connectivity index (χ3v) is 3.53. The van der Waals surface area contributed by atoms with Gasteiger partial charge in [0.15, 0.2) is 0 Å². The number of hydrogen-bond donors (Lipinski definition) is 1. The summed E-state index contributed by atoms with van der Waals surface area (Å²) in [4.78, 5) is 8.13. The zero-order valence-electron chi connectivity index (χ0n) is 13.4. The molecule has 0 saturated carbocycles. The van der Waals surface area contributed by atoms with Crippen molar-refractivity contribution in [3.63, 3.8) is 0 Å². The number of ether oxygens (including phenoxy) is 2. The van der Waals surface area contributed by atoms with Crippen LogP contribution in [0.5, 0.6) is 11.5 Å². The second-order valence-corrected chi connectivity index (χ2v) is 5.14. The molecule has 0 spiro atoms. The molecule has 2 rings (SSSR count). The van der Waals surface area contributed by atoms with E-state index in [0.717, 1.165) is 22.8 Å². The fourth-order valence-corrected chi connectivity index (χ4v) is 2.12. The smallest absolute Gasteiger partial charge is 0.148 e. The van der Waals surface area contributed by atoms with Crippen molar-refractivity contribution in [3.05, 3.63) is 40.8 Å². The Morgan fingerprint density at radius 1 is 1.17 bits per heavy atom. The molecule has 0 fully saturated rings. The van der Waals surface area contributed by atoms with Crippen LogP contribution in [0.1, 0.15) is 18.2 Å². The van der Waals surface area contributed by atoms with E-state index < -0.39 is 0 Å². The highest BCUT2D eigenvalue weighted by Gasteiger charge is 2.05. The fourth-order valence-electron chi connectivity index (χ4n) is 1.95. The van der Waals surface area contributed by atoms with Gasteiger partial charge in [0.1, 0.15) is 35.3 Å². The normalized spacial score (nSPS) is 9.91. The lowest BCUT2D eigenvalue weighted by atomic mass is 10.2. The van der Waals surface area contributed by atoms with E-state index in [1.807, 2.05) is 39.0 Å². The number of anilines is 1. The standard InChI is InChI=1S/C16H20ClN3O2.ClH/c1-4-21-13-5-6-14(11(2)9-13)22-8-7-18-16-15(17)12(3)19-10-20-16;/h5-6,9-10H,4,7-8H2,1-3H3,(H,18,19,20);1H. The van der Waals surface area contributed by atoms with Crippen molar-refractivity contribution in [2.24, 2.45) is 0 Å². The van der Waals surface area contributed by atoms with Gasteiger partial charge in [-0.2, -0.15) is 0 Å². The highest BCUT2D eigenvalue weighted by molar-refractivity contribution is 6.33. The van der Waals surface area contributed by atoms with Crippen LogP contribution in [0.3, 0.4) is 0 Å². The van der Waals surface area contributed by atoms with Crippen molar-refractivity contribution >= 4 is 29.8 Å². The Morgan fingerprint density at radius 3 is 2.65 bits per heavy atom. The molecule has 1 aromatic carbocycles. The first-order valence-electron chi connectivity index (χ1n) is 7.19. The molecule has 1 aromatic heterocycles. The lowest BCUT2D eigenvalue weighted by Crippen LogP contribution is -2.13. The zero-order chi connectivity index (χ0) is 15.9. The van der Waals surface area contributed by atoms with Crippen LogP contribution < -0.4 is 14.8 Å². The molecule has 23 heavy (non-hydrogen) atoms. The van der Waals surface area contributed by atoms with Crippen molar-refractivity contribution in [1.82, 2.24) is 9.97 Å². The predicted octanol–water partition coefficient (Wildman–Crippen LogP) is 4.06. The quantitative estimate of drug-likeness (QED) is 0.757. The van der Waals surface area contributed by atoms with E-state index in [2.05, 4.69) is 15.3 Å². The molecule has 0 amide bonds. The van der Waals surface area contributed by atoms with Crippen molar-refractivity contribution in [1.29, 1.82) is 0 Å². The Balaban J connectivity index is 0.00000264. The van der Waals surface area contributed by atoms with Gasteiger partial charge in [0.2, 0.25) is 0 Å². The molecule has 7 heteroatoms. The first-order chi connectivity index (χ1) is 10.6. The Morgan fingerprint density at radius 2 is 1.96 bits per heavy atom. The van der Waals surface area contributed by atoms with Gasteiger partial charge in [-0.05, 0) is 44.5 Å². The molecule has 0 atom stereocenters. The Labute approximate surface area is 147 Å². The molecular formula is C16H21Cl2N3O2. The minimum absolute atomic E-state index is 0. The van der Waals surface area contributed by atoms with Crippen molar-refractivity contribution < 1.29 is 9.47 Å². The monoisotopic (exact) mass is 357 g/mol. The Kier molecular flexibility index (Phi) is 7.92. The lowest BCUT2D eigenvalue weighted by Gasteiger charge is -2.12. The highest BCUT2D eigenvalue weighted by Crippen LogP contribution is 2.24. The topological polar surface area (TPSA) is 56.3 Å². The van der Waals surface area contributed by atoms with Crippen molar-refractivity contribution in [2.45, 2.75) is 20.8 Å². The average molecular weight is 358 g/mol. The van der Waals surface area contributed by atoms with Crippen LogP contribution in [0.2, 0.25) is 5.02 Å². The maximum absolute atomic E-state index is 6.12. The van der Waals surface area contributed by atoms with Gasteiger partial charge >= 0.3 is 0 Å². The summed E-state index contributed by atoms with van der Waals surface area (Å²) in [6, 6.07) is 5.79. The molecular weight excluding hydrogens is 337 g/mol. The summed E-state index contributed by atoms with van der Waals surface area (Å²) in [6.45, 7) is 7.57. The number of hydrogen-bond acceptors (Lipinski definition) is 5. The van der Waals surface area contributed by atoms with E-state index in [1.165, 1.54) is 6.33 Å². The molecule has 1 heterocycles. The van der Waals surface area contributed by atoms with Gasteiger partial charge < -0.3 is 14.8 Å². The van der Waals surface area contributed by atoms with Crippen LogP contribution in [0, 0.1) is 13.8 Å². The number of benzene rings is 1. The van der Waals surface area contributed by atoms with Crippen LogP contribution >= 0.6 is 24.0 Å². The maximum Gasteiger partial charge on any atom is 0.148 e. The molecule has 5 nitrogen and oxygen atoms in total. The van der Waals surface area contributed by atoms with Gasteiger partial charge in [0.25, 0.3) is 0 Å². The minimum Gasteiger partial charge on any atom is -0.494 e. The van der Waals surface area contributed by atoms with Crippen molar-refractivity contribution in [2.75, 3.05) is 25.1 Å². The number of nitrogens with zero attached hydrogens (tertiary/aromatic N) is 2. The van der Waals surface area contributed by atoms with Crippen molar-refractivity contribution in [3.8, 4) is 11.5 Å². The summed E-state index contributed by atoms with van der Waals surface area (Å²) >= 11 is 6.12. The van der Waals surface area contributed by atoms with Gasteiger partial charge in [-0.25, -0.2) is 9.97 Å². The van der Waals surface area contributed by atoms with Crippen LogP contribution in [-0.4, -0.2) is 29.7 Å². The molecule has 0 saturated heterocycles. The highest BCUT2D eigenvalue weighted by atomic mass is 35.5. The van der Waals surface area contributed by atoms with E-state index in [9.17, 15) is 0 Å².